The molecule has 1 aromatic carbocycles. The number of aliphatic hydroxyl groups excluding tert-OH is 1. The van der Waals surface area contributed by atoms with Crippen molar-refractivity contribution in [2.45, 2.75) is 19.9 Å². The Morgan fingerprint density at radius 1 is 1.53 bits per heavy atom. The number of nitrogens with one attached hydrogen (secondary N) is 1. The van der Waals surface area contributed by atoms with E-state index < -0.39 is 0 Å². The number of hydrogen-bond donors (Lipinski definition) is 2. The van der Waals surface area contributed by atoms with Crippen LogP contribution in [0.4, 0.5) is 4.39 Å². The van der Waals surface area contributed by atoms with E-state index in [1.807, 2.05) is 0 Å². The lowest BCUT2D eigenvalue weighted by molar-refractivity contribution is -0.120. The maximum atomic E-state index is 13.4. The second kappa shape index (κ2) is 6.66. The first-order valence-electron chi connectivity index (χ1n) is 5.32. The average Bonchev–Trinajstić information content (AvgIpc) is 2.35. The van der Waals surface area contributed by atoms with Crippen molar-refractivity contribution in [3.8, 4) is 11.8 Å². The van der Waals surface area contributed by atoms with Gasteiger partial charge in [-0.2, -0.15) is 0 Å². The van der Waals surface area contributed by atoms with Gasteiger partial charge in [-0.25, -0.2) is 4.39 Å². The molecular weight excluding hydrogens is 221 g/mol. The summed E-state index contributed by atoms with van der Waals surface area (Å²) in [5, 5.41) is 11.2. The van der Waals surface area contributed by atoms with E-state index in [-0.39, 0.29) is 24.9 Å². The minimum absolute atomic E-state index is 0.128. The second-order valence-corrected chi connectivity index (χ2v) is 3.40. The topological polar surface area (TPSA) is 49.3 Å². The van der Waals surface area contributed by atoms with Crippen LogP contribution in [0.5, 0.6) is 0 Å². The molecule has 90 valence electrons. The number of carbonyl (C=O) groups is 1. The van der Waals surface area contributed by atoms with E-state index in [1.54, 1.807) is 13.0 Å². The first-order valence-corrected chi connectivity index (χ1v) is 5.32. The molecule has 0 aromatic heterocycles. The van der Waals surface area contributed by atoms with Crippen molar-refractivity contribution in [2.75, 3.05) is 6.61 Å². The molecule has 1 aromatic rings. The first kappa shape index (κ1) is 13.2. The molecule has 4 heteroatoms. The zero-order valence-electron chi connectivity index (χ0n) is 9.59. The van der Waals surface area contributed by atoms with Crippen molar-refractivity contribution >= 4 is 5.91 Å². The van der Waals surface area contributed by atoms with Gasteiger partial charge in [0.1, 0.15) is 12.4 Å². The molecule has 1 rings (SSSR count). The largest absolute Gasteiger partial charge is 0.384 e. The molecular formula is C13H14FNO2. The van der Waals surface area contributed by atoms with Crippen LogP contribution in [0.15, 0.2) is 18.2 Å². The van der Waals surface area contributed by atoms with E-state index in [4.69, 9.17) is 5.11 Å². The lowest BCUT2D eigenvalue weighted by Gasteiger charge is -2.05. The Morgan fingerprint density at radius 3 is 2.94 bits per heavy atom. The van der Waals surface area contributed by atoms with Gasteiger partial charge in [-0.3, -0.25) is 4.79 Å². The van der Waals surface area contributed by atoms with Crippen LogP contribution >= 0.6 is 0 Å². The van der Waals surface area contributed by atoms with Gasteiger partial charge in [-0.05, 0) is 18.2 Å². The molecule has 0 atom stereocenters. The fourth-order valence-corrected chi connectivity index (χ4v) is 1.25. The number of benzene rings is 1. The predicted molar refractivity (Wildman–Crippen MR) is 62.5 cm³/mol. The molecule has 1 amide bonds. The quantitative estimate of drug-likeness (QED) is 0.773. The maximum Gasteiger partial charge on any atom is 0.219 e. The van der Waals surface area contributed by atoms with Crippen molar-refractivity contribution in [1.29, 1.82) is 0 Å². The summed E-state index contributed by atoms with van der Waals surface area (Å²) in [5.74, 6) is 4.66. The van der Waals surface area contributed by atoms with Crippen molar-refractivity contribution < 1.29 is 14.3 Å². The molecule has 3 nitrogen and oxygen atoms in total. The SMILES string of the molecule is CCC(=O)NCc1cc(C#CCO)ccc1F. The zero-order chi connectivity index (χ0) is 12.7. The molecule has 0 heterocycles. The molecule has 0 fully saturated rings. The van der Waals surface area contributed by atoms with E-state index in [9.17, 15) is 9.18 Å². The Balaban J connectivity index is 2.79. The highest BCUT2D eigenvalue weighted by Gasteiger charge is 2.04. The number of rotatable bonds is 3. The molecule has 0 radical (unpaired) electrons. The Hall–Kier alpha value is -1.86. The molecule has 0 aliphatic rings. The van der Waals surface area contributed by atoms with Gasteiger partial charge < -0.3 is 10.4 Å². The highest BCUT2D eigenvalue weighted by molar-refractivity contribution is 5.75. The smallest absolute Gasteiger partial charge is 0.219 e. The highest BCUT2D eigenvalue weighted by atomic mass is 19.1. The normalized spacial score (nSPS) is 9.35. The Bertz CT molecular complexity index is 460. The molecule has 2 N–H and O–H groups in total. The predicted octanol–water partition coefficient (Wildman–Crippen LogP) is 1.20. The van der Waals surface area contributed by atoms with Crippen molar-refractivity contribution in [3.05, 3.63) is 35.1 Å². The molecule has 0 unspecified atom stereocenters. The van der Waals surface area contributed by atoms with E-state index in [0.717, 1.165) is 0 Å². The minimum atomic E-state index is -0.379. The average molecular weight is 235 g/mol. The van der Waals surface area contributed by atoms with Gasteiger partial charge in [0.05, 0.1) is 0 Å². The summed E-state index contributed by atoms with van der Waals surface area (Å²) in [5.41, 5.74) is 0.998. The van der Waals surface area contributed by atoms with Crippen LogP contribution < -0.4 is 5.32 Å². The van der Waals surface area contributed by atoms with Crippen molar-refractivity contribution in [3.63, 3.8) is 0 Å². The van der Waals surface area contributed by atoms with Crippen LogP contribution in [0.3, 0.4) is 0 Å². The molecule has 0 spiro atoms. The highest BCUT2D eigenvalue weighted by Crippen LogP contribution is 2.09. The maximum absolute atomic E-state index is 13.4. The van der Waals surface area contributed by atoms with Crippen LogP contribution in [0, 0.1) is 17.7 Å². The van der Waals surface area contributed by atoms with Gasteiger partial charge in [0, 0.05) is 24.1 Å². The molecule has 0 aliphatic carbocycles. The summed E-state index contributed by atoms with van der Waals surface area (Å²) in [7, 11) is 0. The van der Waals surface area contributed by atoms with Crippen molar-refractivity contribution in [2.24, 2.45) is 0 Å². The fourth-order valence-electron chi connectivity index (χ4n) is 1.25. The number of halogens is 1. The van der Waals surface area contributed by atoms with E-state index in [2.05, 4.69) is 17.2 Å². The van der Waals surface area contributed by atoms with Gasteiger partial charge in [-0.1, -0.05) is 18.8 Å². The molecule has 17 heavy (non-hydrogen) atoms. The van der Waals surface area contributed by atoms with E-state index >= 15 is 0 Å². The standard InChI is InChI=1S/C13H14FNO2/c1-2-13(17)15-9-11-8-10(4-3-7-16)5-6-12(11)14/h5-6,8,16H,2,7,9H2,1H3,(H,15,17). The van der Waals surface area contributed by atoms with Gasteiger partial charge in [-0.15, -0.1) is 0 Å². The second-order valence-electron chi connectivity index (χ2n) is 3.40. The number of aliphatic hydroxyl groups is 1. The van der Waals surface area contributed by atoms with Crippen LogP contribution in [0.1, 0.15) is 24.5 Å². The molecule has 0 aliphatic heterocycles. The van der Waals surface area contributed by atoms with Crippen LogP contribution in [-0.2, 0) is 11.3 Å². The van der Waals surface area contributed by atoms with Gasteiger partial charge in [0.25, 0.3) is 0 Å². The van der Waals surface area contributed by atoms with E-state index in [1.165, 1.54) is 12.1 Å². The third-order valence-corrected chi connectivity index (χ3v) is 2.15. The first-order chi connectivity index (χ1) is 8.17. The summed E-state index contributed by atoms with van der Waals surface area (Å²) in [4.78, 5) is 11.1. The van der Waals surface area contributed by atoms with Crippen LogP contribution in [0.2, 0.25) is 0 Å². The Morgan fingerprint density at radius 2 is 2.29 bits per heavy atom. The Kier molecular flexibility index (Phi) is 5.18. The summed E-state index contributed by atoms with van der Waals surface area (Å²) >= 11 is 0. The number of carbonyl (C=O) groups excluding carboxylic acids is 1. The third-order valence-electron chi connectivity index (χ3n) is 2.15. The number of amides is 1. The summed E-state index contributed by atoms with van der Waals surface area (Å²) in [6, 6.07) is 4.39. The van der Waals surface area contributed by atoms with Gasteiger partial charge >= 0.3 is 0 Å². The van der Waals surface area contributed by atoms with E-state index in [0.29, 0.717) is 17.5 Å². The number of hydrogen-bond acceptors (Lipinski definition) is 2. The summed E-state index contributed by atoms with van der Waals surface area (Å²) in [6.07, 6.45) is 0.367. The summed E-state index contributed by atoms with van der Waals surface area (Å²) in [6.45, 7) is 1.64. The minimum Gasteiger partial charge on any atom is -0.384 e. The summed E-state index contributed by atoms with van der Waals surface area (Å²) < 4.78 is 13.4. The lowest BCUT2D eigenvalue weighted by atomic mass is 10.1. The van der Waals surface area contributed by atoms with Gasteiger partial charge in [0.2, 0.25) is 5.91 Å². The molecule has 0 saturated carbocycles. The zero-order valence-corrected chi connectivity index (χ0v) is 9.59. The monoisotopic (exact) mass is 235 g/mol. The van der Waals surface area contributed by atoms with Crippen LogP contribution in [0.25, 0.3) is 0 Å². The fraction of sp³-hybridized carbons (Fsp3) is 0.308. The Labute approximate surface area is 99.7 Å². The molecule has 0 saturated heterocycles. The lowest BCUT2D eigenvalue weighted by Crippen LogP contribution is -2.22. The van der Waals surface area contributed by atoms with Gasteiger partial charge in [0.15, 0.2) is 0 Å². The van der Waals surface area contributed by atoms with Crippen LogP contribution in [-0.4, -0.2) is 17.6 Å². The third kappa shape index (κ3) is 4.25. The van der Waals surface area contributed by atoms with Crippen molar-refractivity contribution in [1.82, 2.24) is 5.32 Å². The molecule has 0 bridgehead atoms.